The van der Waals surface area contributed by atoms with Gasteiger partial charge in [0, 0.05) is 31.0 Å². The van der Waals surface area contributed by atoms with Crippen molar-refractivity contribution in [3.8, 4) is 6.19 Å². The van der Waals surface area contributed by atoms with Gasteiger partial charge in [-0.1, -0.05) is 6.07 Å². The van der Waals surface area contributed by atoms with Gasteiger partial charge in [-0.05, 0) is 31.5 Å². The smallest absolute Gasteiger partial charge is 0.272 e. The molecule has 0 saturated carbocycles. The first kappa shape index (κ1) is 15.0. The summed E-state index contributed by atoms with van der Waals surface area (Å²) in [6.45, 7) is 3.70. The lowest BCUT2D eigenvalue weighted by molar-refractivity contribution is 0.0933. The molecule has 0 radical (unpaired) electrons. The molecule has 2 aromatic rings. The van der Waals surface area contributed by atoms with Crippen molar-refractivity contribution in [2.24, 2.45) is 0 Å². The van der Waals surface area contributed by atoms with E-state index in [0.29, 0.717) is 25.3 Å². The quantitative estimate of drug-likeness (QED) is 0.849. The number of nitriles is 1. The maximum absolute atomic E-state index is 12.3. The van der Waals surface area contributed by atoms with Crippen LogP contribution >= 0.6 is 0 Å². The first-order valence-electron chi connectivity index (χ1n) is 7.55. The van der Waals surface area contributed by atoms with Gasteiger partial charge in [0.15, 0.2) is 6.19 Å². The van der Waals surface area contributed by atoms with Crippen LogP contribution in [0.25, 0.3) is 0 Å². The lowest BCUT2D eigenvalue weighted by atomic mass is 10.2. The molecule has 7 heteroatoms. The average molecular weight is 310 g/mol. The Morgan fingerprint density at radius 2 is 2.39 bits per heavy atom. The molecule has 1 aliphatic rings. The van der Waals surface area contributed by atoms with Gasteiger partial charge < -0.3 is 10.2 Å². The molecule has 1 atom stereocenters. The van der Waals surface area contributed by atoms with E-state index in [4.69, 9.17) is 5.26 Å². The van der Waals surface area contributed by atoms with Gasteiger partial charge in [-0.3, -0.25) is 14.5 Å². The minimum atomic E-state index is -0.197. The van der Waals surface area contributed by atoms with Gasteiger partial charge in [-0.15, -0.1) is 0 Å². The Morgan fingerprint density at radius 1 is 1.52 bits per heavy atom. The van der Waals surface area contributed by atoms with Crippen LogP contribution in [0.2, 0.25) is 0 Å². The van der Waals surface area contributed by atoms with Crippen molar-refractivity contribution < 1.29 is 4.79 Å². The number of hydrogen-bond donors (Lipinski definition) is 1. The van der Waals surface area contributed by atoms with Crippen LogP contribution in [-0.4, -0.2) is 44.7 Å². The van der Waals surface area contributed by atoms with E-state index in [-0.39, 0.29) is 11.9 Å². The molecular weight excluding hydrogens is 292 g/mol. The average Bonchev–Trinajstić information content (AvgIpc) is 3.15. The second-order valence-corrected chi connectivity index (χ2v) is 5.65. The third-order valence-corrected chi connectivity index (χ3v) is 3.92. The molecule has 0 bridgehead atoms. The van der Waals surface area contributed by atoms with Gasteiger partial charge in [-0.25, -0.2) is 0 Å². The van der Waals surface area contributed by atoms with Crippen LogP contribution in [0.15, 0.2) is 30.5 Å². The summed E-state index contributed by atoms with van der Waals surface area (Å²) in [6, 6.07) is 7.49. The molecule has 0 spiro atoms. The molecule has 1 amide bonds. The minimum Gasteiger partial charge on any atom is -0.346 e. The van der Waals surface area contributed by atoms with Crippen LogP contribution in [0.4, 0.5) is 0 Å². The zero-order chi connectivity index (χ0) is 16.2. The molecule has 3 rings (SSSR count). The van der Waals surface area contributed by atoms with Crippen LogP contribution in [0.1, 0.15) is 28.3 Å². The lowest BCUT2D eigenvalue weighted by Crippen LogP contribution is -2.36. The van der Waals surface area contributed by atoms with Crippen molar-refractivity contribution in [1.29, 1.82) is 5.26 Å². The summed E-state index contributed by atoms with van der Waals surface area (Å²) in [5, 5.41) is 16.2. The third-order valence-electron chi connectivity index (χ3n) is 3.92. The number of nitrogens with one attached hydrogen (secondary N) is 1. The van der Waals surface area contributed by atoms with Crippen molar-refractivity contribution in [2.75, 3.05) is 13.1 Å². The van der Waals surface area contributed by atoms with E-state index in [9.17, 15) is 4.79 Å². The van der Waals surface area contributed by atoms with E-state index in [0.717, 1.165) is 17.8 Å². The first-order valence-corrected chi connectivity index (χ1v) is 7.55. The van der Waals surface area contributed by atoms with E-state index >= 15 is 0 Å². The highest BCUT2D eigenvalue weighted by Gasteiger charge is 2.24. The Balaban J connectivity index is 1.66. The number of pyridine rings is 1. The van der Waals surface area contributed by atoms with Crippen LogP contribution < -0.4 is 5.32 Å². The van der Waals surface area contributed by atoms with Crippen LogP contribution in [0.3, 0.4) is 0 Å². The number of aryl methyl sites for hydroxylation is 1. The number of likely N-dealkylation sites (tertiary alicyclic amines) is 1. The van der Waals surface area contributed by atoms with E-state index < -0.39 is 0 Å². The topological polar surface area (TPSA) is 86.8 Å². The minimum absolute atomic E-state index is 0.00314. The maximum Gasteiger partial charge on any atom is 0.272 e. The fourth-order valence-electron chi connectivity index (χ4n) is 2.65. The number of hydrogen-bond acceptors (Lipinski definition) is 5. The fraction of sp³-hybridized carbons (Fsp3) is 0.375. The summed E-state index contributed by atoms with van der Waals surface area (Å²) in [4.78, 5) is 18.2. The second kappa shape index (κ2) is 6.48. The molecule has 1 fully saturated rings. The number of rotatable bonds is 4. The molecule has 1 unspecified atom stereocenters. The van der Waals surface area contributed by atoms with Gasteiger partial charge in [-0.2, -0.15) is 10.4 Å². The molecule has 1 saturated heterocycles. The molecule has 0 aromatic carbocycles. The largest absolute Gasteiger partial charge is 0.346 e. The van der Waals surface area contributed by atoms with E-state index in [2.05, 4.69) is 21.6 Å². The summed E-state index contributed by atoms with van der Waals surface area (Å²) in [5.74, 6) is -0.197. The monoisotopic (exact) mass is 310 g/mol. The first-order chi connectivity index (χ1) is 11.2. The molecule has 3 heterocycles. The van der Waals surface area contributed by atoms with Gasteiger partial charge in [0.25, 0.3) is 5.91 Å². The lowest BCUT2D eigenvalue weighted by Gasteiger charge is -2.10. The molecule has 1 N–H and O–H groups in total. The number of nitrogens with zero attached hydrogens (tertiary/aromatic N) is 5. The Kier molecular flexibility index (Phi) is 4.24. The normalized spacial score (nSPS) is 17.0. The summed E-state index contributed by atoms with van der Waals surface area (Å²) in [6.07, 6.45) is 4.63. The van der Waals surface area contributed by atoms with Crippen molar-refractivity contribution >= 4 is 5.91 Å². The Hall–Kier alpha value is -2.88. The molecule has 2 aromatic heterocycles. The highest BCUT2D eigenvalue weighted by Crippen LogP contribution is 2.10. The van der Waals surface area contributed by atoms with Gasteiger partial charge >= 0.3 is 0 Å². The third kappa shape index (κ3) is 3.48. The van der Waals surface area contributed by atoms with Crippen molar-refractivity contribution in [3.63, 3.8) is 0 Å². The Labute approximate surface area is 134 Å². The summed E-state index contributed by atoms with van der Waals surface area (Å²) >= 11 is 0. The molecule has 118 valence electrons. The fourth-order valence-corrected chi connectivity index (χ4v) is 2.65. The molecule has 1 aliphatic heterocycles. The Morgan fingerprint density at radius 3 is 3.09 bits per heavy atom. The highest BCUT2D eigenvalue weighted by molar-refractivity contribution is 5.92. The number of carbonyl (C=O) groups excluding carboxylic acids is 1. The van der Waals surface area contributed by atoms with E-state index in [1.807, 2.05) is 25.1 Å². The van der Waals surface area contributed by atoms with Crippen molar-refractivity contribution in [2.45, 2.75) is 25.9 Å². The standard InChI is InChI=1S/C16H18N6O/c1-12-8-15(16(23)19-14-5-7-21(9-14)11-17)20-22(12)10-13-4-2-3-6-18-13/h2-4,6,8,14H,5,7,9-10H2,1H3,(H,19,23). The number of amides is 1. The molecule has 0 aliphatic carbocycles. The second-order valence-electron chi connectivity index (χ2n) is 5.65. The zero-order valence-corrected chi connectivity index (χ0v) is 12.9. The molecule has 7 nitrogen and oxygen atoms in total. The van der Waals surface area contributed by atoms with Gasteiger partial charge in [0.05, 0.1) is 12.2 Å². The molecular formula is C16H18N6O. The van der Waals surface area contributed by atoms with Crippen LogP contribution in [0.5, 0.6) is 0 Å². The van der Waals surface area contributed by atoms with Crippen LogP contribution in [0, 0.1) is 18.4 Å². The van der Waals surface area contributed by atoms with E-state index in [1.54, 1.807) is 21.8 Å². The number of carbonyl (C=O) groups is 1. The number of aromatic nitrogens is 3. The SMILES string of the molecule is Cc1cc(C(=O)NC2CCN(C#N)C2)nn1Cc1ccccn1. The summed E-state index contributed by atoms with van der Waals surface area (Å²) in [5.41, 5.74) is 2.20. The highest BCUT2D eigenvalue weighted by atomic mass is 16.2. The predicted octanol–water partition coefficient (Wildman–Crippen LogP) is 0.920. The maximum atomic E-state index is 12.3. The van der Waals surface area contributed by atoms with Crippen molar-refractivity contribution in [3.05, 3.63) is 47.5 Å². The summed E-state index contributed by atoms with van der Waals surface area (Å²) < 4.78 is 1.77. The predicted molar refractivity (Wildman–Crippen MR) is 83.4 cm³/mol. The van der Waals surface area contributed by atoms with Crippen LogP contribution in [-0.2, 0) is 6.54 Å². The summed E-state index contributed by atoms with van der Waals surface area (Å²) in [7, 11) is 0. The zero-order valence-electron chi connectivity index (χ0n) is 12.9. The van der Waals surface area contributed by atoms with Gasteiger partial charge in [0.2, 0.25) is 0 Å². The van der Waals surface area contributed by atoms with E-state index in [1.165, 1.54) is 0 Å². The van der Waals surface area contributed by atoms with Gasteiger partial charge in [0.1, 0.15) is 5.69 Å². The van der Waals surface area contributed by atoms with Crippen molar-refractivity contribution in [1.82, 2.24) is 25.0 Å². The Bertz CT molecular complexity index is 733. The molecule has 23 heavy (non-hydrogen) atoms.